The van der Waals surface area contributed by atoms with Crippen LogP contribution in [0.2, 0.25) is 0 Å². The maximum Gasteiger partial charge on any atom is 0.126 e. The van der Waals surface area contributed by atoms with Crippen molar-refractivity contribution in [3.8, 4) is 44.2 Å². The molecule has 3 aromatic heterocycles. The summed E-state index contributed by atoms with van der Waals surface area (Å²) in [7, 11) is 0. The fraction of sp³-hybridized carbons (Fsp3) is 0. The number of rotatable bonds is 5. The van der Waals surface area contributed by atoms with E-state index in [1.54, 1.807) is 11.3 Å². The van der Waals surface area contributed by atoms with Gasteiger partial charge in [0.2, 0.25) is 0 Å². The number of nitrogens with zero attached hydrogens (tertiary/aromatic N) is 3. The molecule has 53 heavy (non-hydrogen) atoms. The van der Waals surface area contributed by atoms with Gasteiger partial charge < -0.3 is 9.13 Å². The first-order valence-electron chi connectivity index (χ1n) is 18.0. The van der Waals surface area contributed by atoms with E-state index < -0.39 is 0 Å². The number of aromatic nitrogens is 3. The first-order valence-corrected chi connectivity index (χ1v) is 18.8. The van der Waals surface area contributed by atoms with Crippen LogP contribution in [0.1, 0.15) is 0 Å². The molecule has 0 aliphatic carbocycles. The van der Waals surface area contributed by atoms with Crippen LogP contribution in [0, 0.1) is 0 Å². The first-order chi connectivity index (χ1) is 26.3. The molecule has 8 aromatic carbocycles. The third-order valence-electron chi connectivity index (χ3n) is 10.5. The molecular formula is C49H31N3S. The lowest BCUT2D eigenvalue weighted by molar-refractivity contribution is 1.17. The van der Waals surface area contributed by atoms with Crippen molar-refractivity contribution in [3.63, 3.8) is 0 Å². The number of hydrogen-bond acceptors (Lipinski definition) is 2. The third-order valence-corrected chi connectivity index (χ3v) is 11.6. The Hall–Kier alpha value is -6.75. The molecule has 0 atom stereocenters. The molecule has 4 heteroatoms. The quantitative estimate of drug-likeness (QED) is 0.176. The topological polar surface area (TPSA) is 22.8 Å². The van der Waals surface area contributed by atoms with E-state index >= 15 is 0 Å². The largest absolute Gasteiger partial charge is 0.309 e. The van der Waals surface area contributed by atoms with E-state index in [9.17, 15) is 0 Å². The maximum absolute atomic E-state index is 5.10. The number of hydrogen-bond donors (Lipinski definition) is 0. The molecule has 0 bridgehead atoms. The van der Waals surface area contributed by atoms with Gasteiger partial charge in [0.05, 0.1) is 38.0 Å². The van der Waals surface area contributed by atoms with Crippen LogP contribution in [0.5, 0.6) is 0 Å². The summed E-state index contributed by atoms with van der Waals surface area (Å²) in [5, 5.41) is 5.92. The fourth-order valence-electron chi connectivity index (χ4n) is 8.14. The summed E-state index contributed by atoms with van der Waals surface area (Å²) in [4.78, 5) is 5.10. The fourth-order valence-corrected chi connectivity index (χ4v) is 9.14. The van der Waals surface area contributed by atoms with Gasteiger partial charge in [0.15, 0.2) is 0 Å². The molecule has 0 aliphatic rings. The third kappa shape index (κ3) is 4.77. The van der Waals surface area contributed by atoms with Crippen LogP contribution in [-0.2, 0) is 0 Å². The predicted octanol–water partition coefficient (Wildman–Crippen LogP) is 13.5. The van der Waals surface area contributed by atoms with Crippen molar-refractivity contribution in [3.05, 3.63) is 188 Å². The Kier molecular flexibility index (Phi) is 6.73. The molecule has 0 amide bonds. The van der Waals surface area contributed by atoms with E-state index in [1.165, 1.54) is 70.6 Å². The van der Waals surface area contributed by atoms with E-state index in [0.717, 1.165) is 27.5 Å². The second-order valence-corrected chi connectivity index (χ2v) is 14.6. The summed E-state index contributed by atoms with van der Waals surface area (Å²) in [6.07, 6.45) is 0. The minimum absolute atomic E-state index is 1.03. The van der Waals surface area contributed by atoms with Crippen molar-refractivity contribution in [2.45, 2.75) is 0 Å². The highest BCUT2D eigenvalue weighted by molar-refractivity contribution is 7.21. The van der Waals surface area contributed by atoms with Gasteiger partial charge in [-0.05, 0) is 89.0 Å². The van der Waals surface area contributed by atoms with Crippen molar-refractivity contribution in [1.82, 2.24) is 14.1 Å². The van der Waals surface area contributed by atoms with E-state index in [0.29, 0.717) is 0 Å². The van der Waals surface area contributed by atoms with Gasteiger partial charge in [-0.1, -0.05) is 121 Å². The Morgan fingerprint density at radius 3 is 1.57 bits per heavy atom. The first kappa shape index (κ1) is 29.9. The molecule has 3 heterocycles. The smallest absolute Gasteiger partial charge is 0.126 e. The van der Waals surface area contributed by atoms with E-state index in [4.69, 9.17) is 4.98 Å². The predicted molar refractivity (Wildman–Crippen MR) is 225 cm³/mol. The van der Waals surface area contributed by atoms with Crippen LogP contribution in [-0.4, -0.2) is 14.1 Å². The summed E-state index contributed by atoms with van der Waals surface area (Å²) < 4.78 is 6.10. The zero-order valence-corrected chi connectivity index (χ0v) is 29.5. The van der Waals surface area contributed by atoms with E-state index in [2.05, 4.69) is 197 Å². The van der Waals surface area contributed by atoms with Crippen molar-refractivity contribution in [1.29, 1.82) is 0 Å². The van der Waals surface area contributed by atoms with Gasteiger partial charge in [-0.2, -0.15) is 0 Å². The molecule has 0 saturated heterocycles. The van der Waals surface area contributed by atoms with Crippen molar-refractivity contribution in [2.24, 2.45) is 0 Å². The Morgan fingerprint density at radius 1 is 0.377 bits per heavy atom. The van der Waals surface area contributed by atoms with Crippen molar-refractivity contribution < 1.29 is 0 Å². The molecule has 3 nitrogen and oxygen atoms in total. The summed E-state index contributed by atoms with van der Waals surface area (Å²) in [5.74, 6) is 0. The number of fused-ring (bicyclic) bond motifs is 7. The SMILES string of the molecule is c1ccc(-c2cc(-c3ccccc3)cc(-n3c4ccccc4c4cc5c(cc43)c3ccccc3n5-c3ccccc3-c3nc4ccccc4s3)c2)cc1. The van der Waals surface area contributed by atoms with Crippen molar-refractivity contribution >= 4 is 65.2 Å². The molecule has 0 unspecified atom stereocenters. The second kappa shape index (κ2) is 11.9. The molecule has 248 valence electrons. The highest BCUT2D eigenvalue weighted by Gasteiger charge is 2.21. The minimum Gasteiger partial charge on any atom is -0.309 e. The monoisotopic (exact) mass is 693 g/mol. The van der Waals surface area contributed by atoms with Crippen LogP contribution in [0.25, 0.3) is 98.0 Å². The Balaban J connectivity index is 1.21. The highest BCUT2D eigenvalue weighted by atomic mass is 32.1. The van der Waals surface area contributed by atoms with Gasteiger partial charge >= 0.3 is 0 Å². The van der Waals surface area contributed by atoms with Crippen LogP contribution < -0.4 is 0 Å². The molecule has 0 fully saturated rings. The normalized spacial score (nSPS) is 11.8. The van der Waals surface area contributed by atoms with Crippen LogP contribution in [0.15, 0.2) is 188 Å². The number of thiazole rings is 1. The van der Waals surface area contributed by atoms with Gasteiger partial charge in [-0.25, -0.2) is 4.98 Å². The van der Waals surface area contributed by atoms with Gasteiger partial charge in [-0.15, -0.1) is 11.3 Å². The molecule has 0 radical (unpaired) electrons. The van der Waals surface area contributed by atoms with Gasteiger partial charge in [0.1, 0.15) is 5.01 Å². The van der Waals surface area contributed by atoms with Crippen LogP contribution in [0.4, 0.5) is 0 Å². The second-order valence-electron chi connectivity index (χ2n) is 13.6. The molecule has 11 rings (SSSR count). The van der Waals surface area contributed by atoms with Crippen LogP contribution in [0.3, 0.4) is 0 Å². The average molecular weight is 694 g/mol. The number of benzene rings is 8. The molecule has 0 aliphatic heterocycles. The summed E-state index contributed by atoms with van der Waals surface area (Å²) in [5.41, 5.74) is 13.9. The summed E-state index contributed by atoms with van der Waals surface area (Å²) in [6, 6.07) is 68.0. The maximum atomic E-state index is 5.10. The zero-order valence-electron chi connectivity index (χ0n) is 28.6. The lowest BCUT2D eigenvalue weighted by Gasteiger charge is -2.14. The van der Waals surface area contributed by atoms with Crippen LogP contribution >= 0.6 is 11.3 Å². The van der Waals surface area contributed by atoms with E-state index in [-0.39, 0.29) is 0 Å². The van der Waals surface area contributed by atoms with Gasteiger partial charge in [0.25, 0.3) is 0 Å². The highest BCUT2D eigenvalue weighted by Crippen LogP contribution is 2.43. The standard InChI is InChI=1S/C49H31N3S/c1-3-15-32(16-4-1)34-27-35(33-17-5-2-6-18-33)29-36(28-34)51-43-23-11-7-19-37(43)40-31-47-41(30-46(40)51)38-20-8-12-24-44(38)52(47)45-25-13-9-21-39(45)49-50-42-22-10-14-26-48(42)53-49/h1-31H. The van der Waals surface area contributed by atoms with Gasteiger partial charge in [-0.3, -0.25) is 0 Å². The molecular weight excluding hydrogens is 663 g/mol. The lowest BCUT2D eigenvalue weighted by atomic mass is 9.98. The van der Waals surface area contributed by atoms with Gasteiger partial charge in [0, 0.05) is 32.8 Å². The summed E-state index contributed by atoms with van der Waals surface area (Å²) in [6.45, 7) is 0. The number of para-hydroxylation sites is 4. The van der Waals surface area contributed by atoms with Crippen molar-refractivity contribution in [2.75, 3.05) is 0 Å². The average Bonchev–Trinajstić information content (AvgIpc) is 3.90. The summed E-state index contributed by atoms with van der Waals surface area (Å²) >= 11 is 1.75. The molecule has 0 spiro atoms. The molecule has 0 saturated carbocycles. The molecule has 11 aromatic rings. The lowest BCUT2D eigenvalue weighted by Crippen LogP contribution is -1.97. The zero-order chi connectivity index (χ0) is 34.9. The van der Waals surface area contributed by atoms with E-state index in [1.807, 2.05) is 0 Å². The minimum atomic E-state index is 1.03. The Labute approximate surface area is 310 Å². The molecule has 0 N–H and O–H groups in total. The Bertz CT molecular complexity index is 3080. The Morgan fingerprint density at radius 2 is 0.906 bits per heavy atom.